The van der Waals surface area contributed by atoms with E-state index in [4.69, 9.17) is 15.2 Å². The standard InChI is InChI=1S/C22H25N3O5/c1-29-21(27)19(25-13-16-12-17(23)9-10-18(16)20(25)26)8-5-11-24-22(28)30-14-15-6-3-2-4-7-15/h2-4,6-7,9-10,12,19H,5,8,11,13-14,23H2,1H3,(H,24,28)/t19-/m0/s1. The quantitative estimate of drug-likeness (QED) is 0.392. The van der Waals surface area contributed by atoms with Crippen molar-refractivity contribution in [2.75, 3.05) is 19.4 Å². The summed E-state index contributed by atoms with van der Waals surface area (Å²) in [5, 5.41) is 2.66. The van der Waals surface area contributed by atoms with Crippen LogP contribution < -0.4 is 11.1 Å². The van der Waals surface area contributed by atoms with Crippen LogP contribution >= 0.6 is 0 Å². The van der Waals surface area contributed by atoms with E-state index in [1.165, 1.54) is 12.0 Å². The molecular formula is C22H25N3O5. The second kappa shape index (κ2) is 9.78. The molecule has 3 N–H and O–H groups in total. The van der Waals surface area contributed by atoms with E-state index < -0.39 is 18.1 Å². The molecule has 30 heavy (non-hydrogen) atoms. The maximum Gasteiger partial charge on any atom is 0.407 e. The van der Waals surface area contributed by atoms with Gasteiger partial charge in [-0.2, -0.15) is 0 Å². The van der Waals surface area contributed by atoms with E-state index in [9.17, 15) is 14.4 Å². The molecule has 3 rings (SSSR count). The highest BCUT2D eigenvalue weighted by Gasteiger charge is 2.36. The molecule has 0 aliphatic carbocycles. The second-order valence-electron chi connectivity index (χ2n) is 7.02. The first-order valence-corrected chi connectivity index (χ1v) is 9.71. The number of alkyl carbamates (subject to hydrolysis) is 1. The number of methoxy groups -OCH3 is 1. The fourth-order valence-corrected chi connectivity index (χ4v) is 3.41. The molecule has 2 aromatic carbocycles. The van der Waals surface area contributed by atoms with Crippen molar-refractivity contribution < 1.29 is 23.9 Å². The topological polar surface area (TPSA) is 111 Å². The van der Waals surface area contributed by atoms with E-state index in [2.05, 4.69) is 5.32 Å². The minimum absolute atomic E-state index is 0.182. The highest BCUT2D eigenvalue weighted by atomic mass is 16.5. The number of carbonyl (C=O) groups excluding carboxylic acids is 3. The van der Waals surface area contributed by atoms with E-state index in [0.717, 1.165) is 11.1 Å². The molecule has 0 bridgehead atoms. The summed E-state index contributed by atoms with van der Waals surface area (Å²) in [6.45, 7) is 0.787. The minimum Gasteiger partial charge on any atom is -0.467 e. The summed E-state index contributed by atoms with van der Waals surface area (Å²) in [6.07, 6.45) is 0.289. The molecule has 2 aromatic rings. The van der Waals surface area contributed by atoms with E-state index >= 15 is 0 Å². The molecule has 0 saturated heterocycles. The van der Waals surface area contributed by atoms with Crippen molar-refractivity contribution in [1.29, 1.82) is 0 Å². The Kier molecular flexibility index (Phi) is 6.90. The van der Waals surface area contributed by atoms with Gasteiger partial charge in [0.05, 0.1) is 7.11 Å². The molecule has 0 fully saturated rings. The number of fused-ring (bicyclic) bond motifs is 1. The summed E-state index contributed by atoms with van der Waals surface area (Å²) in [5.41, 5.74) is 8.59. The maximum atomic E-state index is 12.7. The molecule has 1 atom stereocenters. The number of nitrogens with two attached hydrogens (primary N) is 1. The van der Waals surface area contributed by atoms with Crippen LogP contribution in [0.2, 0.25) is 0 Å². The summed E-state index contributed by atoms with van der Waals surface area (Å²) < 4.78 is 10.0. The van der Waals surface area contributed by atoms with Crippen LogP contribution in [-0.2, 0) is 27.4 Å². The highest BCUT2D eigenvalue weighted by Crippen LogP contribution is 2.28. The molecule has 2 amide bonds. The van der Waals surface area contributed by atoms with Crippen LogP contribution in [0.15, 0.2) is 48.5 Å². The Labute approximate surface area is 174 Å². The van der Waals surface area contributed by atoms with Crippen LogP contribution in [0.5, 0.6) is 0 Å². The fourth-order valence-electron chi connectivity index (χ4n) is 3.41. The first-order chi connectivity index (χ1) is 14.5. The van der Waals surface area contributed by atoms with Gasteiger partial charge in [-0.15, -0.1) is 0 Å². The lowest BCUT2D eigenvalue weighted by Crippen LogP contribution is -2.42. The molecule has 0 spiro atoms. The van der Waals surface area contributed by atoms with Crippen molar-refractivity contribution in [3.63, 3.8) is 0 Å². The molecule has 0 aromatic heterocycles. The zero-order chi connectivity index (χ0) is 21.5. The Morgan fingerprint density at radius 2 is 1.97 bits per heavy atom. The third-order valence-corrected chi connectivity index (χ3v) is 4.95. The molecule has 0 radical (unpaired) electrons. The van der Waals surface area contributed by atoms with Gasteiger partial charge in [-0.3, -0.25) is 4.79 Å². The summed E-state index contributed by atoms with van der Waals surface area (Å²) in [7, 11) is 1.29. The zero-order valence-electron chi connectivity index (χ0n) is 16.8. The third-order valence-electron chi connectivity index (χ3n) is 4.95. The minimum atomic E-state index is -0.738. The number of hydrogen-bond donors (Lipinski definition) is 2. The Hall–Kier alpha value is -3.55. The lowest BCUT2D eigenvalue weighted by Gasteiger charge is -2.25. The van der Waals surface area contributed by atoms with Crippen LogP contribution in [0, 0.1) is 0 Å². The van der Waals surface area contributed by atoms with Gasteiger partial charge in [0.25, 0.3) is 5.91 Å². The number of nitrogens with one attached hydrogen (secondary N) is 1. The number of esters is 1. The van der Waals surface area contributed by atoms with E-state index in [-0.39, 0.29) is 12.5 Å². The van der Waals surface area contributed by atoms with Crippen molar-refractivity contribution in [1.82, 2.24) is 10.2 Å². The second-order valence-corrected chi connectivity index (χ2v) is 7.02. The van der Waals surface area contributed by atoms with Gasteiger partial charge < -0.3 is 25.4 Å². The monoisotopic (exact) mass is 411 g/mol. The Balaban J connectivity index is 1.49. The van der Waals surface area contributed by atoms with Gasteiger partial charge in [0, 0.05) is 24.3 Å². The highest BCUT2D eigenvalue weighted by molar-refractivity contribution is 6.00. The van der Waals surface area contributed by atoms with E-state index in [1.54, 1.807) is 18.2 Å². The van der Waals surface area contributed by atoms with Crippen molar-refractivity contribution in [3.05, 3.63) is 65.2 Å². The van der Waals surface area contributed by atoms with E-state index in [1.807, 2.05) is 30.3 Å². The summed E-state index contributed by atoms with van der Waals surface area (Å²) in [4.78, 5) is 38.3. The molecule has 0 unspecified atom stereocenters. The number of nitrogen functional groups attached to an aromatic ring is 1. The SMILES string of the molecule is COC(=O)[C@H](CCCNC(=O)OCc1ccccc1)N1Cc2cc(N)ccc2C1=O. The summed E-state index contributed by atoms with van der Waals surface area (Å²) in [6, 6.07) is 13.7. The van der Waals surface area contributed by atoms with Gasteiger partial charge in [-0.25, -0.2) is 9.59 Å². The number of nitrogens with zero attached hydrogens (tertiary/aromatic N) is 1. The number of hydrogen-bond acceptors (Lipinski definition) is 6. The van der Waals surface area contributed by atoms with Crippen molar-refractivity contribution in [2.24, 2.45) is 0 Å². The first kappa shape index (κ1) is 21.2. The zero-order valence-corrected chi connectivity index (χ0v) is 16.8. The van der Waals surface area contributed by atoms with Crippen LogP contribution in [-0.4, -0.2) is 42.6 Å². The van der Waals surface area contributed by atoms with Crippen molar-refractivity contribution in [3.8, 4) is 0 Å². The number of carbonyl (C=O) groups is 3. The van der Waals surface area contributed by atoms with Gasteiger partial charge in [0.1, 0.15) is 12.6 Å². The Morgan fingerprint density at radius 1 is 1.20 bits per heavy atom. The third kappa shape index (κ3) is 5.08. The molecule has 8 heteroatoms. The predicted molar refractivity (Wildman–Crippen MR) is 110 cm³/mol. The predicted octanol–water partition coefficient (Wildman–Crippen LogP) is 2.47. The van der Waals surface area contributed by atoms with Gasteiger partial charge in [0.15, 0.2) is 0 Å². The van der Waals surface area contributed by atoms with Gasteiger partial charge >= 0.3 is 12.1 Å². The number of rotatable bonds is 8. The fraction of sp³-hybridized carbons (Fsp3) is 0.318. The molecule has 1 aliphatic heterocycles. The number of anilines is 1. The average Bonchev–Trinajstić information content (AvgIpc) is 3.07. The van der Waals surface area contributed by atoms with Crippen molar-refractivity contribution in [2.45, 2.75) is 32.0 Å². The average molecular weight is 411 g/mol. The van der Waals surface area contributed by atoms with E-state index in [0.29, 0.717) is 37.2 Å². The van der Waals surface area contributed by atoms with Crippen LogP contribution in [0.25, 0.3) is 0 Å². The van der Waals surface area contributed by atoms with Crippen LogP contribution in [0.3, 0.4) is 0 Å². The molecule has 1 aliphatic rings. The van der Waals surface area contributed by atoms with Crippen molar-refractivity contribution >= 4 is 23.7 Å². The van der Waals surface area contributed by atoms with Crippen LogP contribution in [0.1, 0.15) is 34.3 Å². The molecule has 8 nitrogen and oxygen atoms in total. The summed E-state index contributed by atoms with van der Waals surface area (Å²) in [5.74, 6) is -0.716. The number of ether oxygens (including phenoxy) is 2. The first-order valence-electron chi connectivity index (χ1n) is 9.71. The largest absolute Gasteiger partial charge is 0.467 e. The van der Waals surface area contributed by atoms with Gasteiger partial charge in [0.2, 0.25) is 0 Å². The molecule has 0 saturated carbocycles. The number of benzene rings is 2. The Bertz CT molecular complexity index is 916. The van der Waals surface area contributed by atoms with Gasteiger partial charge in [-0.05, 0) is 42.2 Å². The lowest BCUT2D eigenvalue weighted by molar-refractivity contribution is -0.146. The van der Waals surface area contributed by atoms with Gasteiger partial charge in [-0.1, -0.05) is 30.3 Å². The maximum absolute atomic E-state index is 12.7. The molecule has 1 heterocycles. The lowest BCUT2D eigenvalue weighted by atomic mass is 10.1. The Morgan fingerprint density at radius 3 is 2.70 bits per heavy atom. The molecular weight excluding hydrogens is 386 g/mol. The summed E-state index contributed by atoms with van der Waals surface area (Å²) >= 11 is 0. The smallest absolute Gasteiger partial charge is 0.407 e. The van der Waals surface area contributed by atoms with Crippen LogP contribution in [0.4, 0.5) is 10.5 Å². The molecule has 158 valence electrons. The normalized spacial score (nSPS) is 13.5. The number of amides is 2.